The summed E-state index contributed by atoms with van der Waals surface area (Å²) < 4.78 is 27.5. The van der Waals surface area contributed by atoms with Crippen LogP contribution in [0.2, 0.25) is 0 Å². The van der Waals surface area contributed by atoms with Gasteiger partial charge in [0.15, 0.2) is 0 Å². The summed E-state index contributed by atoms with van der Waals surface area (Å²) in [6.45, 7) is 1.62. The molecule has 0 N–H and O–H groups in total. The molecule has 0 radical (unpaired) electrons. The maximum absolute atomic E-state index is 14.1. The van der Waals surface area contributed by atoms with E-state index in [-0.39, 0.29) is 17.8 Å². The van der Waals surface area contributed by atoms with Crippen LogP contribution in [0.3, 0.4) is 0 Å². The van der Waals surface area contributed by atoms with Crippen LogP contribution in [0.4, 0.5) is 4.39 Å². The minimum atomic E-state index is -0.333. The molecule has 0 aliphatic carbocycles. The summed E-state index contributed by atoms with van der Waals surface area (Å²) in [6.07, 6.45) is 2.85. The van der Waals surface area contributed by atoms with Gasteiger partial charge < -0.3 is 14.4 Å². The van der Waals surface area contributed by atoms with Gasteiger partial charge in [-0.3, -0.25) is 4.79 Å². The van der Waals surface area contributed by atoms with Crippen LogP contribution in [0.5, 0.6) is 5.75 Å². The standard InChI is InChI=1S/C24H21FN4O3/c25-23-10-9-22(20-3-1-2-4-21(20)23)24(30)28-11-12-31-19(13-28)14-32-18-7-5-17(6-8-18)29-16-26-15-27-29/h1-10,15-16,19H,11-14H2. The molecule has 1 saturated heterocycles. The fraction of sp³-hybridized carbons (Fsp3) is 0.208. The highest BCUT2D eigenvalue weighted by molar-refractivity contribution is 6.07. The van der Waals surface area contributed by atoms with Crippen LogP contribution in [0, 0.1) is 5.82 Å². The molecule has 0 bridgehead atoms. The van der Waals surface area contributed by atoms with Gasteiger partial charge in [-0.25, -0.2) is 14.1 Å². The molecule has 8 heteroatoms. The number of aromatic nitrogens is 3. The monoisotopic (exact) mass is 432 g/mol. The molecule has 1 fully saturated rings. The molecule has 1 aliphatic heterocycles. The molecular weight excluding hydrogens is 411 g/mol. The molecule has 1 aliphatic rings. The maximum atomic E-state index is 14.1. The van der Waals surface area contributed by atoms with E-state index in [0.717, 1.165) is 5.69 Å². The SMILES string of the molecule is O=C(c1ccc(F)c2ccccc12)N1CCOC(COc2ccc(-n3cncn3)cc2)C1. The van der Waals surface area contributed by atoms with Crippen LogP contribution in [0.25, 0.3) is 16.5 Å². The number of morpholine rings is 1. The molecule has 1 atom stereocenters. The van der Waals surface area contributed by atoms with Gasteiger partial charge in [0.05, 0.1) is 18.8 Å². The smallest absolute Gasteiger partial charge is 0.254 e. The molecule has 4 aromatic rings. The average Bonchev–Trinajstić information content (AvgIpc) is 3.38. The summed E-state index contributed by atoms with van der Waals surface area (Å²) in [5.41, 5.74) is 1.37. The Kier molecular flexibility index (Phi) is 5.51. The van der Waals surface area contributed by atoms with E-state index in [4.69, 9.17) is 9.47 Å². The summed E-state index contributed by atoms with van der Waals surface area (Å²) in [7, 11) is 0. The molecule has 0 saturated carbocycles. The van der Waals surface area contributed by atoms with Crippen LogP contribution >= 0.6 is 0 Å². The van der Waals surface area contributed by atoms with Gasteiger partial charge in [0.25, 0.3) is 5.91 Å². The summed E-state index contributed by atoms with van der Waals surface area (Å²) in [4.78, 5) is 18.9. The van der Waals surface area contributed by atoms with Gasteiger partial charge in [-0.2, -0.15) is 5.10 Å². The van der Waals surface area contributed by atoms with Gasteiger partial charge in [0.1, 0.15) is 36.9 Å². The quantitative estimate of drug-likeness (QED) is 0.483. The Morgan fingerprint density at radius 3 is 2.69 bits per heavy atom. The number of amides is 1. The van der Waals surface area contributed by atoms with Crippen molar-refractivity contribution in [3.8, 4) is 11.4 Å². The molecule has 1 aromatic heterocycles. The minimum absolute atomic E-state index is 0.133. The van der Waals surface area contributed by atoms with Crippen LogP contribution in [0.1, 0.15) is 10.4 Å². The number of halogens is 1. The number of carbonyl (C=O) groups is 1. The number of ether oxygens (including phenoxy) is 2. The Morgan fingerprint density at radius 2 is 1.91 bits per heavy atom. The highest BCUT2D eigenvalue weighted by atomic mass is 19.1. The summed E-state index contributed by atoms with van der Waals surface area (Å²) >= 11 is 0. The fourth-order valence-corrected chi connectivity index (χ4v) is 3.85. The van der Waals surface area contributed by atoms with Crippen molar-refractivity contribution in [2.75, 3.05) is 26.3 Å². The van der Waals surface area contributed by atoms with E-state index in [2.05, 4.69) is 10.1 Å². The number of hydrogen-bond donors (Lipinski definition) is 0. The van der Waals surface area contributed by atoms with Gasteiger partial charge in [-0.1, -0.05) is 24.3 Å². The number of fused-ring (bicyclic) bond motifs is 1. The predicted molar refractivity (Wildman–Crippen MR) is 116 cm³/mol. The first-order valence-corrected chi connectivity index (χ1v) is 10.3. The van der Waals surface area contributed by atoms with E-state index in [1.165, 1.54) is 12.4 Å². The molecule has 7 nitrogen and oxygen atoms in total. The lowest BCUT2D eigenvalue weighted by Gasteiger charge is -2.33. The van der Waals surface area contributed by atoms with Crippen LogP contribution < -0.4 is 4.74 Å². The Morgan fingerprint density at radius 1 is 1.09 bits per heavy atom. The number of hydrogen-bond acceptors (Lipinski definition) is 5. The van der Waals surface area contributed by atoms with E-state index in [1.807, 2.05) is 30.3 Å². The number of nitrogens with zero attached hydrogens (tertiary/aromatic N) is 4. The van der Waals surface area contributed by atoms with Crippen LogP contribution in [0.15, 0.2) is 73.3 Å². The van der Waals surface area contributed by atoms with Crippen molar-refractivity contribution in [1.82, 2.24) is 19.7 Å². The van der Waals surface area contributed by atoms with E-state index < -0.39 is 0 Å². The van der Waals surface area contributed by atoms with Gasteiger partial charge >= 0.3 is 0 Å². The Balaban J connectivity index is 1.24. The third kappa shape index (κ3) is 4.04. The summed E-state index contributed by atoms with van der Waals surface area (Å²) in [6, 6.07) is 17.4. The molecule has 1 amide bonds. The highest BCUT2D eigenvalue weighted by Crippen LogP contribution is 2.24. The molecule has 2 heterocycles. The zero-order valence-electron chi connectivity index (χ0n) is 17.2. The third-order valence-electron chi connectivity index (χ3n) is 5.48. The molecular formula is C24H21FN4O3. The predicted octanol–water partition coefficient (Wildman–Crippen LogP) is 3.48. The number of rotatable bonds is 5. The highest BCUT2D eigenvalue weighted by Gasteiger charge is 2.26. The lowest BCUT2D eigenvalue weighted by Crippen LogP contribution is -2.47. The number of benzene rings is 3. The summed E-state index contributed by atoms with van der Waals surface area (Å²) in [5.74, 6) is 0.234. The lowest BCUT2D eigenvalue weighted by atomic mass is 10.0. The topological polar surface area (TPSA) is 69.5 Å². The van der Waals surface area contributed by atoms with E-state index in [0.29, 0.717) is 48.4 Å². The summed E-state index contributed by atoms with van der Waals surface area (Å²) in [5, 5.41) is 5.16. The van der Waals surface area contributed by atoms with Crippen molar-refractivity contribution in [2.45, 2.75) is 6.10 Å². The lowest BCUT2D eigenvalue weighted by molar-refractivity contribution is -0.0400. The second kappa shape index (κ2) is 8.76. The second-order valence-electron chi connectivity index (χ2n) is 7.53. The van der Waals surface area contributed by atoms with Gasteiger partial charge in [0.2, 0.25) is 0 Å². The van der Waals surface area contributed by atoms with Crippen LogP contribution in [-0.4, -0.2) is 58.0 Å². The molecule has 162 valence electrons. The Labute approximate surface area is 184 Å². The average molecular weight is 432 g/mol. The van der Waals surface area contributed by atoms with Crippen molar-refractivity contribution in [1.29, 1.82) is 0 Å². The van der Waals surface area contributed by atoms with E-state index >= 15 is 0 Å². The van der Waals surface area contributed by atoms with Crippen molar-refractivity contribution in [3.63, 3.8) is 0 Å². The molecule has 1 unspecified atom stereocenters. The van der Waals surface area contributed by atoms with Crippen molar-refractivity contribution < 1.29 is 18.7 Å². The fourth-order valence-electron chi connectivity index (χ4n) is 3.85. The van der Waals surface area contributed by atoms with E-state index in [1.54, 1.807) is 40.2 Å². The van der Waals surface area contributed by atoms with Crippen molar-refractivity contribution in [3.05, 3.63) is 84.7 Å². The maximum Gasteiger partial charge on any atom is 0.254 e. The zero-order valence-corrected chi connectivity index (χ0v) is 17.2. The molecule has 0 spiro atoms. The first-order valence-electron chi connectivity index (χ1n) is 10.3. The molecule has 32 heavy (non-hydrogen) atoms. The van der Waals surface area contributed by atoms with Gasteiger partial charge in [0, 0.05) is 17.5 Å². The van der Waals surface area contributed by atoms with Gasteiger partial charge in [-0.15, -0.1) is 0 Å². The molecule has 5 rings (SSSR count). The Bertz CT molecular complexity index is 1230. The van der Waals surface area contributed by atoms with Crippen molar-refractivity contribution >= 4 is 16.7 Å². The van der Waals surface area contributed by atoms with Crippen molar-refractivity contribution in [2.24, 2.45) is 0 Å². The molecule has 3 aromatic carbocycles. The largest absolute Gasteiger partial charge is 0.491 e. The van der Waals surface area contributed by atoms with Gasteiger partial charge in [-0.05, 0) is 41.8 Å². The first kappa shape index (κ1) is 20.1. The minimum Gasteiger partial charge on any atom is -0.491 e. The zero-order chi connectivity index (χ0) is 21.9. The third-order valence-corrected chi connectivity index (χ3v) is 5.48. The van der Waals surface area contributed by atoms with Crippen LogP contribution in [-0.2, 0) is 4.74 Å². The first-order chi connectivity index (χ1) is 15.7. The second-order valence-corrected chi connectivity index (χ2v) is 7.53. The number of carbonyl (C=O) groups excluding carboxylic acids is 1. The van der Waals surface area contributed by atoms with E-state index in [9.17, 15) is 9.18 Å². The Hall–Kier alpha value is -3.78. The normalized spacial score (nSPS) is 16.3.